The molecule has 1 unspecified atom stereocenters. The van der Waals surface area contributed by atoms with Gasteiger partial charge in [0.2, 0.25) is 0 Å². The molecular weight excluding hydrogens is 218 g/mol. The number of nitrogens with one attached hydrogen (secondary N) is 1. The summed E-state index contributed by atoms with van der Waals surface area (Å²) in [7, 11) is 2.11. The molecule has 0 saturated carbocycles. The molecule has 1 atom stereocenters. The van der Waals surface area contributed by atoms with Gasteiger partial charge < -0.3 is 15.3 Å². The number of aromatic nitrogens is 1. The molecule has 2 N–H and O–H groups in total. The number of hydrogen-bond acceptors (Lipinski definition) is 4. The van der Waals surface area contributed by atoms with Gasteiger partial charge in [0.1, 0.15) is 5.82 Å². The minimum absolute atomic E-state index is 0.0785. The first-order valence-electron chi connectivity index (χ1n) is 5.81. The molecule has 2 rings (SSSR count). The minimum Gasteiger partial charge on any atom is -0.477 e. The summed E-state index contributed by atoms with van der Waals surface area (Å²) in [6.45, 7) is 1.95. The molecular formula is C12H17N3O2. The van der Waals surface area contributed by atoms with E-state index in [-0.39, 0.29) is 5.69 Å². The van der Waals surface area contributed by atoms with E-state index in [1.54, 1.807) is 12.1 Å². The molecule has 0 amide bonds. The molecule has 0 aromatic carbocycles. The molecule has 5 nitrogen and oxygen atoms in total. The van der Waals surface area contributed by atoms with E-state index in [0.29, 0.717) is 11.9 Å². The molecule has 0 spiro atoms. The zero-order valence-electron chi connectivity index (χ0n) is 9.89. The summed E-state index contributed by atoms with van der Waals surface area (Å²) in [5.41, 5.74) is 0.0785. The number of nitrogens with zero attached hydrogens (tertiary/aromatic N) is 2. The van der Waals surface area contributed by atoms with Crippen molar-refractivity contribution < 1.29 is 9.90 Å². The molecule has 92 valence electrons. The number of aromatic carboxylic acids is 1. The zero-order valence-corrected chi connectivity index (χ0v) is 9.89. The lowest BCUT2D eigenvalue weighted by molar-refractivity contribution is 0.0690. The Balaban J connectivity index is 1.94. The quantitative estimate of drug-likeness (QED) is 0.823. The summed E-state index contributed by atoms with van der Waals surface area (Å²) in [6, 6.07) is 5.51. The maximum atomic E-state index is 10.8. The molecule has 0 bridgehead atoms. The molecule has 1 aliphatic heterocycles. The summed E-state index contributed by atoms with van der Waals surface area (Å²) in [5.74, 6) is -0.364. The van der Waals surface area contributed by atoms with Gasteiger partial charge in [-0.2, -0.15) is 0 Å². The van der Waals surface area contributed by atoms with E-state index in [0.717, 1.165) is 13.1 Å². The topological polar surface area (TPSA) is 65.5 Å². The standard InChI is InChI=1S/C12H17N3O2/c1-15-7-3-4-9(15)8-13-11-6-2-5-10(14-11)12(16)17/h2,5-6,9H,3-4,7-8H2,1H3,(H,13,14)(H,16,17). The Morgan fingerprint density at radius 2 is 2.47 bits per heavy atom. The van der Waals surface area contributed by atoms with Gasteiger partial charge in [0.25, 0.3) is 0 Å². The summed E-state index contributed by atoms with van der Waals surface area (Å²) >= 11 is 0. The van der Waals surface area contributed by atoms with Gasteiger partial charge >= 0.3 is 5.97 Å². The van der Waals surface area contributed by atoms with Crippen LogP contribution in [0.25, 0.3) is 0 Å². The van der Waals surface area contributed by atoms with Gasteiger partial charge in [-0.15, -0.1) is 0 Å². The maximum Gasteiger partial charge on any atom is 0.354 e. The summed E-state index contributed by atoms with van der Waals surface area (Å²) in [6.07, 6.45) is 2.41. The molecule has 2 heterocycles. The Kier molecular flexibility index (Phi) is 3.58. The number of carboxylic acid groups (broad SMARTS) is 1. The largest absolute Gasteiger partial charge is 0.477 e. The first-order valence-corrected chi connectivity index (χ1v) is 5.81. The molecule has 1 saturated heterocycles. The molecule has 1 aromatic heterocycles. The van der Waals surface area contributed by atoms with Crippen molar-refractivity contribution in [2.24, 2.45) is 0 Å². The number of anilines is 1. The van der Waals surface area contributed by atoms with Crippen LogP contribution in [0.3, 0.4) is 0 Å². The molecule has 1 aromatic rings. The molecule has 17 heavy (non-hydrogen) atoms. The predicted molar refractivity (Wildman–Crippen MR) is 65.3 cm³/mol. The fraction of sp³-hybridized carbons (Fsp3) is 0.500. The van der Waals surface area contributed by atoms with E-state index in [2.05, 4.69) is 22.2 Å². The lowest BCUT2D eigenvalue weighted by Gasteiger charge is -2.19. The first kappa shape index (κ1) is 11.9. The lowest BCUT2D eigenvalue weighted by Crippen LogP contribution is -2.31. The van der Waals surface area contributed by atoms with Crippen molar-refractivity contribution in [3.8, 4) is 0 Å². The SMILES string of the molecule is CN1CCCC1CNc1cccc(C(=O)O)n1. The second-order valence-electron chi connectivity index (χ2n) is 4.37. The van der Waals surface area contributed by atoms with Crippen LogP contribution in [0.4, 0.5) is 5.82 Å². The number of likely N-dealkylation sites (N-methyl/N-ethyl adjacent to an activating group) is 1. The van der Waals surface area contributed by atoms with Gasteiger partial charge in [-0.25, -0.2) is 9.78 Å². The number of likely N-dealkylation sites (tertiary alicyclic amines) is 1. The molecule has 0 radical (unpaired) electrons. The Hall–Kier alpha value is -1.62. The van der Waals surface area contributed by atoms with Crippen LogP contribution >= 0.6 is 0 Å². The van der Waals surface area contributed by atoms with Crippen LogP contribution in [0.2, 0.25) is 0 Å². The highest BCUT2D eigenvalue weighted by Crippen LogP contribution is 2.15. The minimum atomic E-state index is -0.994. The predicted octanol–water partition coefficient (Wildman–Crippen LogP) is 1.29. The third kappa shape index (κ3) is 2.94. The average molecular weight is 235 g/mol. The van der Waals surface area contributed by atoms with Crippen molar-refractivity contribution in [3.05, 3.63) is 23.9 Å². The third-order valence-electron chi connectivity index (χ3n) is 3.16. The highest BCUT2D eigenvalue weighted by atomic mass is 16.4. The van der Waals surface area contributed by atoms with Crippen LogP contribution in [-0.4, -0.2) is 47.1 Å². The van der Waals surface area contributed by atoms with Crippen molar-refractivity contribution >= 4 is 11.8 Å². The van der Waals surface area contributed by atoms with Gasteiger partial charge in [-0.05, 0) is 38.6 Å². The van der Waals surface area contributed by atoms with E-state index in [4.69, 9.17) is 5.11 Å². The number of hydrogen-bond donors (Lipinski definition) is 2. The molecule has 5 heteroatoms. The van der Waals surface area contributed by atoms with Crippen molar-refractivity contribution in [2.75, 3.05) is 25.5 Å². The van der Waals surface area contributed by atoms with E-state index in [9.17, 15) is 4.79 Å². The molecule has 1 fully saturated rings. The van der Waals surface area contributed by atoms with Gasteiger partial charge in [0.05, 0.1) is 0 Å². The third-order valence-corrected chi connectivity index (χ3v) is 3.16. The highest BCUT2D eigenvalue weighted by Gasteiger charge is 2.20. The van der Waals surface area contributed by atoms with E-state index in [1.807, 2.05) is 0 Å². The van der Waals surface area contributed by atoms with Crippen LogP contribution in [-0.2, 0) is 0 Å². The maximum absolute atomic E-state index is 10.8. The molecule has 0 aliphatic carbocycles. The van der Waals surface area contributed by atoms with Gasteiger partial charge in [0, 0.05) is 12.6 Å². The van der Waals surface area contributed by atoms with Crippen LogP contribution in [0.5, 0.6) is 0 Å². The van der Waals surface area contributed by atoms with Gasteiger partial charge in [-0.3, -0.25) is 0 Å². The van der Waals surface area contributed by atoms with Gasteiger partial charge in [-0.1, -0.05) is 6.07 Å². The van der Waals surface area contributed by atoms with Crippen molar-refractivity contribution in [1.82, 2.24) is 9.88 Å². The van der Waals surface area contributed by atoms with Crippen LogP contribution < -0.4 is 5.32 Å². The summed E-state index contributed by atoms with van der Waals surface area (Å²) in [4.78, 5) is 17.1. The Labute approximate surface area is 100 Å². The highest BCUT2D eigenvalue weighted by molar-refractivity contribution is 5.85. The van der Waals surface area contributed by atoms with Gasteiger partial charge in [0.15, 0.2) is 5.69 Å². The van der Waals surface area contributed by atoms with Crippen LogP contribution in [0.1, 0.15) is 23.3 Å². The zero-order chi connectivity index (χ0) is 12.3. The number of rotatable bonds is 4. The van der Waals surface area contributed by atoms with Crippen LogP contribution in [0, 0.1) is 0 Å². The van der Waals surface area contributed by atoms with E-state index < -0.39 is 5.97 Å². The fourth-order valence-corrected chi connectivity index (χ4v) is 2.11. The number of carbonyl (C=O) groups is 1. The number of carboxylic acids is 1. The Morgan fingerprint density at radius 1 is 1.65 bits per heavy atom. The normalized spacial score (nSPS) is 20.4. The second kappa shape index (κ2) is 5.14. The number of pyridine rings is 1. The van der Waals surface area contributed by atoms with E-state index in [1.165, 1.54) is 18.9 Å². The molecule has 1 aliphatic rings. The lowest BCUT2D eigenvalue weighted by atomic mass is 10.2. The summed E-state index contributed by atoms with van der Waals surface area (Å²) in [5, 5.41) is 12.0. The smallest absolute Gasteiger partial charge is 0.354 e. The van der Waals surface area contributed by atoms with Crippen molar-refractivity contribution in [3.63, 3.8) is 0 Å². The fourth-order valence-electron chi connectivity index (χ4n) is 2.11. The van der Waals surface area contributed by atoms with Crippen molar-refractivity contribution in [2.45, 2.75) is 18.9 Å². The Morgan fingerprint density at radius 3 is 3.12 bits per heavy atom. The summed E-state index contributed by atoms with van der Waals surface area (Å²) < 4.78 is 0. The van der Waals surface area contributed by atoms with Crippen molar-refractivity contribution in [1.29, 1.82) is 0 Å². The first-order chi connectivity index (χ1) is 8.16. The van der Waals surface area contributed by atoms with E-state index >= 15 is 0 Å². The Bertz CT molecular complexity index is 408. The second-order valence-corrected chi connectivity index (χ2v) is 4.37. The average Bonchev–Trinajstić information content (AvgIpc) is 2.72. The monoisotopic (exact) mass is 235 g/mol. The van der Waals surface area contributed by atoms with Crippen LogP contribution in [0.15, 0.2) is 18.2 Å².